The lowest BCUT2D eigenvalue weighted by Gasteiger charge is -2.61. The van der Waals surface area contributed by atoms with E-state index >= 15 is 0 Å². The van der Waals surface area contributed by atoms with Gasteiger partial charge in [-0.1, -0.05) is 39.0 Å². The Morgan fingerprint density at radius 3 is 2.51 bits per heavy atom. The number of hydrogen-bond acceptors (Lipinski definition) is 5. The summed E-state index contributed by atoms with van der Waals surface area (Å²) in [5, 5.41) is 0. The third-order valence-electron chi connectivity index (χ3n) is 12.5. The molecule has 4 aliphatic carbocycles. The lowest BCUT2D eigenvalue weighted by atomic mass is 9.44. The number of carbonyl (C=O) groups is 2. The highest BCUT2D eigenvalue weighted by Crippen LogP contribution is 2.69. The SMILES string of the molecule is CC(=O)OC[C@@H](C)CCC1=C(C)[C@H]2[C@@H](C[C@H]3[C@@H]4CC[C@@H]5C[C@H](OC(=O)c6ccccc6)CC[C@]5(C)[C@@H]4CC[C@]32C)O1. The fraction of sp³-hybridized carbons (Fsp3) is 0.722. The van der Waals surface area contributed by atoms with E-state index in [1.54, 1.807) is 0 Å². The monoisotopic (exact) mass is 562 g/mol. The van der Waals surface area contributed by atoms with Crippen LogP contribution < -0.4 is 0 Å². The fourth-order valence-corrected chi connectivity index (χ4v) is 10.4. The zero-order chi connectivity index (χ0) is 28.9. The van der Waals surface area contributed by atoms with E-state index in [0.29, 0.717) is 46.9 Å². The maximum atomic E-state index is 12.8. The van der Waals surface area contributed by atoms with Gasteiger partial charge in [0.2, 0.25) is 0 Å². The van der Waals surface area contributed by atoms with Gasteiger partial charge in [-0.05, 0) is 123 Å². The van der Waals surface area contributed by atoms with Crippen LogP contribution in [0.15, 0.2) is 41.7 Å². The molecule has 0 radical (unpaired) electrons. The van der Waals surface area contributed by atoms with E-state index in [0.717, 1.165) is 43.4 Å². The topological polar surface area (TPSA) is 61.8 Å². The van der Waals surface area contributed by atoms with Crippen LogP contribution in [0.5, 0.6) is 0 Å². The Morgan fingerprint density at radius 1 is 1.00 bits per heavy atom. The molecule has 1 aromatic carbocycles. The van der Waals surface area contributed by atoms with Crippen LogP contribution in [0.1, 0.15) is 109 Å². The van der Waals surface area contributed by atoms with Crippen LogP contribution >= 0.6 is 0 Å². The zero-order valence-electron chi connectivity index (χ0n) is 25.8. The molecular formula is C36H50O5. The minimum absolute atomic E-state index is 0.0494. The summed E-state index contributed by atoms with van der Waals surface area (Å²) < 4.78 is 18.0. The molecule has 1 aromatic rings. The second kappa shape index (κ2) is 11.1. The largest absolute Gasteiger partial charge is 0.494 e. The number of hydrogen-bond donors (Lipinski definition) is 0. The van der Waals surface area contributed by atoms with Gasteiger partial charge in [-0.15, -0.1) is 0 Å². The van der Waals surface area contributed by atoms with Crippen molar-refractivity contribution in [3.8, 4) is 0 Å². The highest BCUT2D eigenvalue weighted by molar-refractivity contribution is 5.89. The van der Waals surface area contributed by atoms with E-state index in [-0.39, 0.29) is 18.0 Å². The highest BCUT2D eigenvalue weighted by Gasteiger charge is 2.64. The average Bonchev–Trinajstić information content (AvgIpc) is 3.44. The zero-order valence-corrected chi connectivity index (χ0v) is 25.8. The second-order valence-corrected chi connectivity index (χ2v) is 14.8. The Morgan fingerprint density at radius 2 is 1.76 bits per heavy atom. The lowest BCUT2D eigenvalue weighted by Crippen LogP contribution is -2.54. The standard InChI is InChI=1S/C36H50O5/c1-22(21-39-24(3)37)11-14-31-23(2)33-32(41-31)20-30-28-13-12-26-19-27(40-34(38)25-9-7-6-8-10-25)15-17-35(26,4)29(28)16-18-36(30,33)5/h6-10,22,26-30,32-33H,11-21H2,1-5H3/t22-,26+,27+,28+,29+,30-,32+,33-,35-,36+/m0/s1. The number of carbonyl (C=O) groups excluding carboxylic acids is 2. The molecule has 4 fully saturated rings. The summed E-state index contributed by atoms with van der Waals surface area (Å²) in [5.74, 6) is 4.69. The van der Waals surface area contributed by atoms with Crippen molar-refractivity contribution in [1.82, 2.24) is 0 Å². The Kier molecular flexibility index (Phi) is 7.78. The summed E-state index contributed by atoms with van der Waals surface area (Å²) in [5.41, 5.74) is 2.84. The highest BCUT2D eigenvalue weighted by atomic mass is 16.5. The smallest absolute Gasteiger partial charge is 0.338 e. The molecule has 5 nitrogen and oxygen atoms in total. The molecule has 224 valence electrons. The van der Waals surface area contributed by atoms with Gasteiger partial charge in [-0.2, -0.15) is 0 Å². The maximum Gasteiger partial charge on any atom is 0.338 e. The molecule has 5 aliphatic rings. The molecule has 0 N–H and O–H groups in total. The van der Waals surface area contributed by atoms with E-state index < -0.39 is 0 Å². The molecule has 10 atom stereocenters. The summed E-state index contributed by atoms with van der Waals surface area (Å²) >= 11 is 0. The predicted molar refractivity (Wildman–Crippen MR) is 159 cm³/mol. The second-order valence-electron chi connectivity index (χ2n) is 14.8. The van der Waals surface area contributed by atoms with E-state index in [2.05, 4.69) is 27.7 Å². The van der Waals surface area contributed by atoms with Gasteiger partial charge in [-0.25, -0.2) is 4.79 Å². The summed E-state index contributed by atoms with van der Waals surface area (Å²) in [6, 6.07) is 9.45. The van der Waals surface area contributed by atoms with Crippen molar-refractivity contribution < 1.29 is 23.8 Å². The fourth-order valence-electron chi connectivity index (χ4n) is 10.4. The number of ether oxygens (including phenoxy) is 3. The first kappa shape index (κ1) is 28.8. The molecule has 6 rings (SSSR count). The van der Waals surface area contributed by atoms with Crippen molar-refractivity contribution in [2.45, 2.75) is 111 Å². The van der Waals surface area contributed by atoms with Crippen LogP contribution in [0.2, 0.25) is 0 Å². The molecule has 0 amide bonds. The van der Waals surface area contributed by atoms with E-state index in [1.807, 2.05) is 30.3 Å². The van der Waals surface area contributed by atoms with Crippen LogP contribution in [-0.4, -0.2) is 30.8 Å². The van der Waals surface area contributed by atoms with Crippen molar-refractivity contribution in [3.63, 3.8) is 0 Å². The first-order valence-electron chi connectivity index (χ1n) is 16.4. The average molecular weight is 563 g/mol. The molecule has 0 bridgehead atoms. The summed E-state index contributed by atoms with van der Waals surface area (Å²) in [7, 11) is 0. The van der Waals surface area contributed by atoms with Gasteiger partial charge in [0.25, 0.3) is 0 Å². The molecule has 1 aliphatic heterocycles. The van der Waals surface area contributed by atoms with Gasteiger partial charge in [0.15, 0.2) is 0 Å². The number of rotatable bonds is 7. The van der Waals surface area contributed by atoms with Crippen LogP contribution in [0.3, 0.4) is 0 Å². The van der Waals surface area contributed by atoms with Gasteiger partial charge >= 0.3 is 11.9 Å². The van der Waals surface area contributed by atoms with Crippen molar-refractivity contribution in [2.24, 2.45) is 46.3 Å². The van der Waals surface area contributed by atoms with Crippen LogP contribution in [0, 0.1) is 46.3 Å². The third-order valence-corrected chi connectivity index (χ3v) is 12.5. The van der Waals surface area contributed by atoms with E-state index in [1.165, 1.54) is 56.8 Å². The summed E-state index contributed by atoms with van der Waals surface area (Å²) in [6.45, 7) is 11.6. The quantitative estimate of drug-likeness (QED) is 0.314. The Hall–Kier alpha value is -2.30. The maximum absolute atomic E-state index is 12.8. The van der Waals surface area contributed by atoms with Crippen LogP contribution in [0.25, 0.3) is 0 Å². The summed E-state index contributed by atoms with van der Waals surface area (Å²) in [4.78, 5) is 23.9. The van der Waals surface area contributed by atoms with Gasteiger partial charge in [0.05, 0.1) is 17.9 Å². The first-order valence-corrected chi connectivity index (χ1v) is 16.4. The first-order chi connectivity index (χ1) is 19.6. The molecule has 41 heavy (non-hydrogen) atoms. The van der Waals surface area contributed by atoms with Gasteiger partial charge in [-0.3, -0.25) is 4.79 Å². The van der Waals surface area contributed by atoms with Gasteiger partial charge in [0.1, 0.15) is 12.2 Å². The third kappa shape index (κ3) is 5.14. The molecule has 0 unspecified atom stereocenters. The number of fused-ring (bicyclic) bond motifs is 7. The van der Waals surface area contributed by atoms with Gasteiger partial charge in [0, 0.05) is 19.3 Å². The van der Waals surface area contributed by atoms with E-state index in [9.17, 15) is 9.59 Å². The minimum atomic E-state index is -0.198. The Balaban J connectivity index is 1.10. The summed E-state index contributed by atoms with van der Waals surface area (Å²) in [6.07, 6.45) is 11.9. The Labute approximate surface area is 246 Å². The van der Waals surface area contributed by atoms with Crippen LogP contribution in [0.4, 0.5) is 0 Å². The molecule has 0 aromatic heterocycles. The Bertz CT molecular complexity index is 1170. The molecule has 0 spiro atoms. The molecule has 5 heteroatoms. The minimum Gasteiger partial charge on any atom is -0.494 e. The van der Waals surface area contributed by atoms with E-state index in [4.69, 9.17) is 14.2 Å². The molecule has 4 saturated carbocycles. The van der Waals surface area contributed by atoms with Crippen molar-refractivity contribution in [3.05, 3.63) is 47.2 Å². The normalized spacial score (nSPS) is 40.0. The number of benzene rings is 1. The van der Waals surface area contributed by atoms with Crippen molar-refractivity contribution in [2.75, 3.05) is 6.61 Å². The molecule has 0 saturated heterocycles. The van der Waals surface area contributed by atoms with Gasteiger partial charge < -0.3 is 14.2 Å². The molecule has 1 heterocycles. The predicted octanol–water partition coefficient (Wildman–Crippen LogP) is 8.13. The number of esters is 2. The number of allylic oxidation sites excluding steroid dienone is 1. The molecular weight excluding hydrogens is 512 g/mol. The van der Waals surface area contributed by atoms with Crippen molar-refractivity contribution in [1.29, 1.82) is 0 Å². The van der Waals surface area contributed by atoms with Crippen molar-refractivity contribution >= 4 is 11.9 Å². The van der Waals surface area contributed by atoms with Crippen LogP contribution in [-0.2, 0) is 19.0 Å². The lowest BCUT2D eigenvalue weighted by molar-refractivity contribution is -0.142.